The SMILES string of the molecule is OCCCc1ccc(-c2cnn(CC(F)(F)F)c2)cc1. The molecule has 1 aromatic carbocycles. The highest BCUT2D eigenvalue weighted by Crippen LogP contribution is 2.22. The molecule has 108 valence electrons. The predicted octanol–water partition coefficient (Wildman–Crippen LogP) is 3.04. The lowest BCUT2D eigenvalue weighted by molar-refractivity contribution is -0.142. The second-order valence-electron chi connectivity index (χ2n) is 4.57. The Bertz CT molecular complexity index is 546. The molecular weight excluding hydrogens is 269 g/mol. The Morgan fingerprint density at radius 1 is 1.10 bits per heavy atom. The first-order valence-electron chi connectivity index (χ1n) is 6.27. The highest BCUT2D eigenvalue weighted by atomic mass is 19.4. The van der Waals surface area contributed by atoms with Crippen LogP contribution >= 0.6 is 0 Å². The van der Waals surface area contributed by atoms with E-state index in [9.17, 15) is 13.2 Å². The summed E-state index contributed by atoms with van der Waals surface area (Å²) in [5.41, 5.74) is 2.57. The number of aromatic nitrogens is 2. The fraction of sp³-hybridized carbons (Fsp3) is 0.357. The molecule has 0 spiro atoms. The lowest BCUT2D eigenvalue weighted by atomic mass is 10.0. The minimum absolute atomic E-state index is 0.145. The van der Waals surface area contributed by atoms with Crippen LogP contribution in [0, 0.1) is 0 Å². The quantitative estimate of drug-likeness (QED) is 0.916. The van der Waals surface area contributed by atoms with Gasteiger partial charge in [0.05, 0.1) is 6.20 Å². The minimum Gasteiger partial charge on any atom is -0.396 e. The first-order valence-corrected chi connectivity index (χ1v) is 6.27. The maximum absolute atomic E-state index is 12.2. The third-order valence-electron chi connectivity index (χ3n) is 2.89. The molecule has 6 heteroatoms. The molecule has 1 heterocycles. The van der Waals surface area contributed by atoms with Crippen LogP contribution in [0.1, 0.15) is 12.0 Å². The fourth-order valence-corrected chi connectivity index (χ4v) is 1.93. The van der Waals surface area contributed by atoms with Gasteiger partial charge in [-0.1, -0.05) is 24.3 Å². The van der Waals surface area contributed by atoms with Crippen molar-refractivity contribution in [2.75, 3.05) is 6.61 Å². The van der Waals surface area contributed by atoms with Crippen LogP contribution in [0.4, 0.5) is 13.2 Å². The molecule has 0 saturated carbocycles. The Morgan fingerprint density at radius 2 is 1.80 bits per heavy atom. The fourth-order valence-electron chi connectivity index (χ4n) is 1.93. The Balaban J connectivity index is 2.08. The van der Waals surface area contributed by atoms with E-state index in [2.05, 4.69) is 5.10 Å². The number of hydrogen-bond donors (Lipinski definition) is 1. The molecule has 0 atom stereocenters. The Hall–Kier alpha value is -1.82. The van der Waals surface area contributed by atoms with Crippen molar-refractivity contribution in [3.8, 4) is 11.1 Å². The molecule has 0 unspecified atom stereocenters. The molecule has 0 bridgehead atoms. The summed E-state index contributed by atoms with van der Waals surface area (Å²) in [6.07, 6.45) is 0.0229. The Kier molecular flexibility index (Phi) is 4.44. The maximum atomic E-state index is 12.2. The number of aliphatic hydroxyl groups excluding tert-OH is 1. The molecule has 0 radical (unpaired) electrons. The number of halogens is 3. The maximum Gasteiger partial charge on any atom is 0.408 e. The molecule has 0 aliphatic carbocycles. The first kappa shape index (κ1) is 14.6. The Morgan fingerprint density at radius 3 is 2.40 bits per heavy atom. The van der Waals surface area contributed by atoms with Crippen molar-refractivity contribution in [3.63, 3.8) is 0 Å². The van der Waals surface area contributed by atoms with Crippen molar-refractivity contribution in [3.05, 3.63) is 42.2 Å². The first-order chi connectivity index (χ1) is 9.48. The van der Waals surface area contributed by atoms with Crippen molar-refractivity contribution in [1.29, 1.82) is 0 Å². The zero-order valence-electron chi connectivity index (χ0n) is 10.8. The van der Waals surface area contributed by atoms with Gasteiger partial charge in [-0.25, -0.2) is 0 Å². The van der Waals surface area contributed by atoms with Gasteiger partial charge in [0, 0.05) is 18.4 Å². The molecular formula is C14H15F3N2O. The van der Waals surface area contributed by atoms with Crippen LogP contribution < -0.4 is 0 Å². The third-order valence-corrected chi connectivity index (χ3v) is 2.89. The number of alkyl halides is 3. The van der Waals surface area contributed by atoms with Gasteiger partial charge in [-0.15, -0.1) is 0 Å². The van der Waals surface area contributed by atoms with Gasteiger partial charge in [-0.05, 0) is 24.0 Å². The molecule has 2 rings (SSSR count). The summed E-state index contributed by atoms with van der Waals surface area (Å²) in [5.74, 6) is 0. The van der Waals surface area contributed by atoms with E-state index in [1.807, 2.05) is 24.3 Å². The molecule has 3 nitrogen and oxygen atoms in total. The summed E-state index contributed by atoms with van der Waals surface area (Å²) >= 11 is 0. The van der Waals surface area contributed by atoms with Gasteiger partial charge in [0.15, 0.2) is 0 Å². The minimum atomic E-state index is -4.27. The van der Waals surface area contributed by atoms with E-state index in [0.717, 1.165) is 22.2 Å². The summed E-state index contributed by atoms with van der Waals surface area (Å²) in [5, 5.41) is 12.5. The molecule has 1 N–H and O–H groups in total. The lowest BCUT2D eigenvalue weighted by Crippen LogP contribution is -2.17. The second-order valence-corrected chi connectivity index (χ2v) is 4.57. The molecule has 0 saturated heterocycles. The third kappa shape index (κ3) is 4.09. The second kappa shape index (κ2) is 6.09. The average molecular weight is 284 g/mol. The van der Waals surface area contributed by atoms with Crippen LogP contribution in [-0.2, 0) is 13.0 Å². The van der Waals surface area contributed by atoms with Crippen LogP contribution in [0.5, 0.6) is 0 Å². The monoisotopic (exact) mass is 284 g/mol. The van der Waals surface area contributed by atoms with Gasteiger partial charge in [-0.3, -0.25) is 4.68 Å². The number of aryl methyl sites for hydroxylation is 1. The van der Waals surface area contributed by atoms with Gasteiger partial charge in [0.2, 0.25) is 0 Å². The number of aliphatic hydroxyl groups is 1. The zero-order chi connectivity index (χ0) is 14.6. The molecule has 0 aliphatic heterocycles. The summed E-state index contributed by atoms with van der Waals surface area (Å²) in [6.45, 7) is -0.937. The predicted molar refractivity (Wildman–Crippen MR) is 69.1 cm³/mol. The lowest BCUT2D eigenvalue weighted by Gasteiger charge is -2.05. The van der Waals surface area contributed by atoms with Crippen molar-refractivity contribution >= 4 is 0 Å². The average Bonchev–Trinajstić information content (AvgIpc) is 2.83. The van der Waals surface area contributed by atoms with Crippen molar-refractivity contribution in [2.45, 2.75) is 25.6 Å². The highest BCUT2D eigenvalue weighted by molar-refractivity contribution is 5.61. The van der Waals surface area contributed by atoms with E-state index in [0.29, 0.717) is 12.0 Å². The van der Waals surface area contributed by atoms with Gasteiger partial charge in [0.25, 0.3) is 0 Å². The van der Waals surface area contributed by atoms with E-state index in [-0.39, 0.29) is 6.61 Å². The molecule has 20 heavy (non-hydrogen) atoms. The van der Waals surface area contributed by atoms with Crippen molar-refractivity contribution in [2.24, 2.45) is 0 Å². The van der Waals surface area contributed by atoms with Crippen molar-refractivity contribution in [1.82, 2.24) is 9.78 Å². The molecule has 0 fully saturated rings. The number of hydrogen-bond acceptors (Lipinski definition) is 2. The van der Waals surface area contributed by atoms with E-state index < -0.39 is 12.7 Å². The number of nitrogens with zero attached hydrogens (tertiary/aromatic N) is 2. The number of rotatable bonds is 5. The normalized spacial score (nSPS) is 11.8. The van der Waals surface area contributed by atoms with Crippen molar-refractivity contribution < 1.29 is 18.3 Å². The van der Waals surface area contributed by atoms with E-state index in [1.165, 1.54) is 12.4 Å². The van der Waals surface area contributed by atoms with Crippen LogP contribution in [0.15, 0.2) is 36.7 Å². The van der Waals surface area contributed by atoms with Crippen LogP contribution in [-0.4, -0.2) is 27.7 Å². The molecule has 2 aromatic rings. The van der Waals surface area contributed by atoms with Gasteiger partial charge in [-0.2, -0.15) is 18.3 Å². The van der Waals surface area contributed by atoms with E-state index >= 15 is 0 Å². The molecule has 0 aliphatic rings. The molecule has 0 amide bonds. The van der Waals surface area contributed by atoms with Gasteiger partial charge < -0.3 is 5.11 Å². The summed E-state index contributed by atoms with van der Waals surface area (Å²) < 4.78 is 37.6. The van der Waals surface area contributed by atoms with Gasteiger partial charge in [0.1, 0.15) is 6.54 Å². The number of benzene rings is 1. The standard InChI is InChI=1S/C14H15F3N2O/c15-14(16,17)10-19-9-13(8-18-19)12-5-3-11(4-6-12)2-1-7-20/h3-6,8-9,20H,1-2,7,10H2. The highest BCUT2D eigenvalue weighted by Gasteiger charge is 2.28. The van der Waals surface area contributed by atoms with E-state index in [4.69, 9.17) is 5.11 Å². The largest absolute Gasteiger partial charge is 0.408 e. The molecule has 1 aromatic heterocycles. The van der Waals surface area contributed by atoms with E-state index in [1.54, 1.807) is 0 Å². The topological polar surface area (TPSA) is 38.1 Å². The smallest absolute Gasteiger partial charge is 0.396 e. The Labute approximate surface area is 114 Å². The van der Waals surface area contributed by atoms with Crippen LogP contribution in [0.2, 0.25) is 0 Å². The summed E-state index contributed by atoms with van der Waals surface area (Å²) in [4.78, 5) is 0. The van der Waals surface area contributed by atoms with Crippen LogP contribution in [0.25, 0.3) is 11.1 Å². The summed E-state index contributed by atoms with van der Waals surface area (Å²) in [6, 6.07) is 7.52. The van der Waals surface area contributed by atoms with Crippen LogP contribution in [0.3, 0.4) is 0 Å². The summed E-state index contributed by atoms with van der Waals surface area (Å²) in [7, 11) is 0. The zero-order valence-corrected chi connectivity index (χ0v) is 10.8. The van der Waals surface area contributed by atoms with Gasteiger partial charge >= 0.3 is 6.18 Å².